The zero-order chi connectivity index (χ0) is 23.6. The highest BCUT2D eigenvalue weighted by atomic mass is 35.5. The first-order chi connectivity index (χ1) is 15.1. The van der Waals surface area contributed by atoms with Crippen molar-refractivity contribution < 1.29 is 27.9 Å². The van der Waals surface area contributed by atoms with Gasteiger partial charge in [-0.2, -0.15) is 0 Å². The smallest absolute Gasteiger partial charge is 0.302 e. The molecule has 0 N–H and O–H groups in total. The van der Waals surface area contributed by atoms with Crippen molar-refractivity contribution in [2.45, 2.75) is 45.7 Å². The summed E-state index contributed by atoms with van der Waals surface area (Å²) in [6.07, 6.45) is 0.302. The summed E-state index contributed by atoms with van der Waals surface area (Å²) in [4.78, 5) is 29.4. The molecule has 3 unspecified atom stereocenters. The molecule has 3 rings (SSSR count). The Balaban J connectivity index is 0.00000385. The number of hydrogen-bond donors (Lipinski definition) is 0. The topological polar surface area (TPSA) is 68.3 Å². The van der Waals surface area contributed by atoms with Gasteiger partial charge in [-0.3, -0.25) is 14.5 Å². The third-order valence-electron chi connectivity index (χ3n) is 6.10. The van der Waals surface area contributed by atoms with Gasteiger partial charge in [-0.05, 0) is 43.5 Å². The lowest BCUT2D eigenvalue weighted by atomic mass is 9.81. The molecule has 1 amide bonds. The molecule has 0 spiro atoms. The number of benzene rings is 1. The number of amides is 1. The molecule has 7 nitrogen and oxygen atoms in total. The van der Waals surface area contributed by atoms with Crippen molar-refractivity contribution in [1.82, 2.24) is 9.80 Å². The third-order valence-corrected chi connectivity index (χ3v) is 6.10. The van der Waals surface area contributed by atoms with Crippen LogP contribution in [0.3, 0.4) is 0 Å². The van der Waals surface area contributed by atoms with E-state index in [2.05, 4.69) is 4.90 Å². The minimum atomic E-state index is -2.87. The average Bonchev–Trinajstić information content (AvgIpc) is 2.77. The van der Waals surface area contributed by atoms with Gasteiger partial charge in [-0.1, -0.05) is 0 Å². The number of rotatable bonds is 6. The Morgan fingerprint density at radius 2 is 1.87 bits per heavy atom. The van der Waals surface area contributed by atoms with E-state index in [1.807, 2.05) is 26.0 Å². The monoisotopic (exact) mass is 443 g/mol. The Kier molecular flexibility index (Phi) is 6.88. The standard InChI is InChI=1S/C22H32N2O5.ClH/c1-6-23(7-2)22(26)17-13-24-9-8-15-10-20(27-4)21(28-5)11-16(15)18(24)12-19(17)29-14(3)25;/h10-11,17-19H,6-9,12-13H2,1-5H3;1H/i3D3;. The highest BCUT2D eigenvalue weighted by Gasteiger charge is 2.44. The van der Waals surface area contributed by atoms with Crippen molar-refractivity contribution >= 4 is 24.3 Å². The zero-order valence-corrected chi connectivity index (χ0v) is 18.8. The molecule has 0 bridgehead atoms. The van der Waals surface area contributed by atoms with Crippen molar-refractivity contribution in [2.75, 3.05) is 40.4 Å². The largest absolute Gasteiger partial charge is 0.493 e. The van der Waals surface area contributed by atoms with Gasteiger partial charge in [0.2, 0.25) is 5.91 Å². The van der Waals surface area contributed by atoms with Crippen molar-refractivity contribution in [2.24, 2.45) is 5.92 Å². The summed E-state index contributed by atoms with van der Waals surface area (Å²) in [5, 5.41) is 0. The molecule has 2 aliphatic rings. The summed E-state index contributed by atoms with van der Waals surface area (Å²) in [6, 6.07) is 3.77. The molecule has 3 atom stereocenters. The Morgan fingerprint density at radius 1 is 1.20 bits per heavy atom. The van der Waals surface area contributed by atoms with Crippen LogP contribution in [0.25, 0.3) is 0 Å². The van der Waals surface area contributed by atoms with Crippen molar-refractivity contribution in [3.05, 3.63) is 23.3 Å². The lowest BCUT2D eigenvalue weighted by Gasteiger charge is -2.46. The van der Waals surface area contributed by atoms with Gasteiger partial charge in [-0.25, -0.2) is 0 Å². The van der Waals surface area contributed by atoms with Crippen LogP contribution in [0.4, 0.5) is 0 Å². The molecule has 1 saturated heterocycles. The van der Waals surface area contributed by atoms with E-state index in [1.54, 1.807) is 19.1 Å². The van der Waals surface area contributed by atoms with Crippen LogP contribution in [0.5, 0.6) is 11.5 Å². The molecule has 168 valence electrons. The Hall–Kier alpha value is -1.99. The maximum atomic E-state index is 13.2. The fourth-order valence-corrected chi connectivity index (χ4v) is 4.60. The molecule has 1 aromatic rings. The van der Waals surface area contributed by atoms with E-state index in [-0.39, 0.29) is 24.4 Å². The van der Waals surface area contributed by atoms with E-state index >= 15 is 0 Å². The SMILES string of the molecule is Cl.[2H]C([2H])([2H])C(=O)OC1CC2c3cc(OC)c(OC)cc3CCN2CC1C(=O)N(CC)CC. The van der Waals surface area contributed by atoms with E-state index in [1.165, 1.54) is 0 Å². The highest BCUT2D eigenvalue weighted by Crippen LogP contribution is 2.43. The molecular formula is C22H33ClN2O5. The van der Waals surface area contributed by atoms with Crippen molar-refractivity contribution in [1.29, 1.82) is 0 Å². The second-order valence-corrected chi connectivity index (χ2v) is 7.46. The van der Waals surface area contributed by atoms with Crippen LogP contribution < -0.4 is 9.47 Å². The fourth-order valence-electron chi connectivity index (χ4n) is 4.60. The van der Waals surface area contributed by atoms with E-state index < -0.39 is 24.8 Å². The predicted molar refractivity (Wildman–Crippen MR) is 116 cm³/mol. The summed E-state index contributed by atoms with van der Waals surface area (Å²) in [5.74, 6) is -0.744. The summed E-state index contributed by atoms with van der Waals surface area (Å²) >= 11 is 0. The minimum Gasteiger partial charge on any atom is -0.493 e. The van der Waals surface area contributed by atoms with Gasteiger partial charge in [0.1, 0.15) is 6.10 Å². The first-order valence-electron chi connectivity index (χ1n) is 11.6. The first kappa shape index (κ1) is 19.9. The van der Waals surface area contributed by atoms with Gasteiger partial charge in [0.25, 0.3) is 0 Å². The molecule has 1 aromatic carbocycles. The van der Waals surface area contributed by atoms with Crippen LogP contribution >= 0.6 is 12.4 Å². The molecule has 2 aliphatic heterocycles. The summed E-state index contributed by atoms with van der Waals surface area (Å²) in [6.45, 7) is 3.13. The van der Waals surface area contributed by atoms with E-state index in [0.717, 1.165) is 24.1 Å². The molecule has 0 saturated carbocycles. The molecule has 1 fully saturated rings. The minimum absolute atomic E-state index is 0. The average molecular weight is 444 g/mol. The van der Waals surface area contributed by atoms with Gasteiger partial charge >= 0.3 is 5.97 Å². The summed E-state index contributed by atoms with van der Waals surface area (Å²) < 4.78 is 38.6. The van der Waals surface area contributed by atoms with E-state index in [4.69, 9.17) is 18.3 Å². The lowest BCUT2D eigenvalue weighted by molar-refractivity contribution is -0.161. The molecular weight excluding hydrogens is 408 g/mol. The van der Waals surface area contributed by atoms with Gasteiger partial charge in [0.05, 0.1) is 20.1 Å². The van der Waals surface area contributed by atoms with Gasteiger partial charge in [0, 0.05) is 49.6 Å². The number of halogens is 1. The van der Waals surface area contributed by atoms with Gasteiger partial charge < -0.3 is 19.1 Å². The summed E-state index contributed by atoms with van der Waals surface area (Å²) in [5.41, 5.74) is 2.14. The van der Waals surface area contributed by atoms with Gasteiger partial charge in [-0.15, -0.1) is 12.4 Å². The molecule has 30 heavy (non-hydrogen) atoms. The van der Waals surface area contributed by atoms with Crippen molar-refractivity contribution in [3.8, 4) is 11.5 Å². The number of hydrogen-bond acceptors (Lipinski definition) is 6. The Bertz CT molecular complexity index is 863. The van der Waals surface area contributed by atoms with Crippen LogP contribution in [0.2, 0.25) is 0 Å². The number of fused-ring (bicyclic) bond motifs is 3. The predicted octanol–water partition coefficient (Wildman–Crippen LogP) is 2.84. The number of ether oxygens (including phenoxy) is 3. The number of carbonyl (C=O) groups is 2. The second-order valence-electron chi connectivity index (χ2n) is 7.46. The van der Waals surface area contributed by atoms with Crippen LogP contribution in [0.1, 0.15) is 48.4 Å². The third kappa shape index (κ3) is 4.67. The molecule has 0 radical (unpaired) electrons. The normalized spacial score (nSPS) is 24.7. The molecule has 0 aliphatic carbocycles. The van der Waals surface area contributed by atoms with Crippen LogP contribution in [0, 0.1) is 5.92 Å². The van der Waals surface area contributed by atoms with Crippen LogP contribution in [-0.2, 0) is 20.7 Å². The highest BCUT2D eigenvalue weighted by molar-refractivity contribution is 5.85. The lowest BCUT2D eigenvalue weighted by Crippen LogP contribution is -2.54. The molecule has 2 heterocycles. The quantitative estimate of drug-likeness (QED) is 0.630. The van der Waals surface area contributed by atoms with Crippen LogP contribution in [-0.4, -0.2) is 68.2 Å². The summed E-state index contributed by atoms with van der Waals surface area (Å²) in [7, 11) is 3.17. The number of carbonyl (C=O) groups excluding carboxylic acids is 2. The van der Waals surface area contributed by atoms with Gasteiger partial charge in [0.15, 0.2) is 11.5 Å². The maximum Gasteiger partial charge on any atom is 0.302 e. The Labute approximate surface area is 189 Å². The molecule has 8 heteroatoms. The second kappa shape index (κ2) is 10.4. The van der Waals surface area contributed by atoms with E-state index in [9.17, 15) is 9.59 Å². The number of esters is 1. The zero-order valence-electron chi connectivity index (χ0n) is 21.0. The first-order valence-corrected chi connectivity index (χ1v) is 10.1. The van der Waals surface area contributed by atoms with Crippen LogP contribution in [0.15, 0.2) is 12.1 Å². The van der Waals surface area contributed by atoms with E-state index in [0.29, 0.717) is 37.6 Å². The Morgan fingerprint density at radius 3 is 2.47 bits per heavy atom. The fraction of sp³-hybridized carbons (Fsp3) is 0.636. The molecule has 0 aromatic heterocycles. The maximum absolute atomic E-state index is 13.2. The number of methoxy groups -OCH3 is 2. The number of nitrogens with zero attached hydrogens (tertiary/aromatic N) is 2. The van der Waals surface area contributed by atoms with Crippen molar-refractivity contribution in [3.63, 3.8) is 0 Å². The number of piperidine rings is 1.